The van der Waals surface area contributed by atoms with Gasteiger partial charge in [-0.1, -0.05) is 13.3 Å². The Kier molecular flexibility index (Phi) is 7.86. The lowest BCUT2D eigenvalue weighted by Gasteiger charge is -2.16. The summed E-state index contributed by atoms with van der Waals surface area (Å²) < 4.78 is 2.23. The number of hydrogen-bond acceptors (Lipinski definition) is 3. The lowest BCUT2D eigenvalue weighted by Crippen LogP contribution is -2.38. The Balaban J connectivity index is 0.00000200. The summed E-state index contributed by atoms with van der Waals surface area (Å²) in [4.78, 5) is 4.21. The minimum Gasteiger partial charge on any atom is -0.356 e. The molecule has 1 aromatic heterocycles. The Morgan fingerprint density at radius 3 is 2.90 bits per heavy atom. The largest absolute Gasteiger partial charge is 0.356 e. The van der Waals surface area contributed by atoms with E-state index in [9.17, 15) is 0 Å². The fourth-order valence-corrected chi connectivity index (χ4v) is 2.27. The molecule has 7 heteroatoms. The van der Waals surface area contributed by atoms with Crippen molar-refractivity contribution < 1.29 is 0 Å². The molecule has 2 rings (SSSR count). The van der Waals surface area contributed by atoms with Crippen molar-refractivity contribution in [3.05, 3.63) is 11.6 Å². The molecular formula is C13H25IN6. The van der Waals surface area contributed by atoms with Gasteiger partial charge in [0, 0.05) is 26.6 Å². The quantitative estimate of drug-likeness (QED) is 0.347. The molecule has 1 aliphatic heterocycles. The summed E-state index contributed by atoms with van der Waals surface area (Å²) in [6.45, 7) is 4.86. The molecule has 0 aromatic carbocycles. The molecule has 0 aliphatic carbocycles. The molecule has 0 saturated carbocycles. The van der Waals surface area contributed by atoms with E-state index in [4.69, 9.17) is 0 Å². The SMILES string of the molecule is CCCCNC(=NC)NCc1nnc2n1CCCC2.I. The van der Waals surface area contributed by atoms with E-state index >= 15 is 0 Å². The maximum absolute atomic E-state index is 4.27. The van der Waals surface area contributed by atoms with Crippen molar-refractivity contribution in [3.63, 3.8) is 0 Å². The van der Waals surface area contributed by atoms with Crippen molar-refractivity contribution in [1.29, 1.82) is 0 Å². The highest BCUT2D eigenvalue weighted by Gasteiger charge is 2.15. The Labute approximate surface area is 137 Å². The van der Waals surface area contributed by atoms with Crippen LogP contribution in [0.5, 0.6) is 0 Å². The molecule has 0 fully saturated rings. The van der Waals surface area contributed by atoms with Crippen molar-refractivity contribution >= 4 is 29.9 Å². The Hall–Kier alpha value is -0.860. The summed E-state index contributed by atoms with van der Waals surface area (Å²) >= 11 is 0. The van der Waals surface area contributed by atoms with E-state index in [1.165, 1.54) is 19.3 Å². The predicted octanol–water partition coefficient (Wildman–Crippen LogP) is 1.70. The third kappa shape index (κ3) is 4.60. The molecule has 0 unspecified atom stereocenters. The third-order valence-electron chi connectivity index (χ3n) is 3.40. The van der Waals surface area contributed by atoms with Crippen LogP contribution in [0.3, 0.4) is 0 Å². The highest BCUT2D eigenvalue weighted by Crippen LogP contribution is 2.13. The van der Waals surface area contributed by atoms with Crippen molar-refractivity contribution in [2.24, 2.45) is 4.99 Å². The minimum atomic E-state index is 0. The predicted molar refractivity (Wildman–Crippen MR) is 91.5 cm³/mol. The molecule has 0 bridgehead atoms. The zero-order valence-corrected chi connectivity index (χ0v) is 14.7. The van der Waals surface area contributed by atoms with Crippen LogP contribution in [-0.2, 0) is 19.5 Å². The van der Waals surface area contributed by atoms with Gasteiger partial charge in [-0.05, 0) is 19.3 Å². The van der Waals surface area contributed by atoms with Gasteiger partial charge in [0.05, 0.1) is 6.54 Å². The monoisotopic (exact) mass is 392 g/mol. The first-order valence-electron chi connectivity index (χ1n) is 7.20. The number of aromatic nitrogens is 3. The van der Waals surface area contributed by atoms with Crippen LogP contribution in [0.1, 0.15) is 44.3 Å². The van der Waals surface area contributed by atoms with Crippen LogP contribution in [0.4, 0.5) is 0 Å². The second-order valence-corrected chi connectivity index (χ2v) is 4.85. The van der Waals surface area contributed by atoms with Gasteiger partial charge in [0.25, 0.3) is 0 Å². The minimum absolute atomic E-state index is 0. The molecule has 6 nitrogen and oxygen atoms in total. The summed E-state index contributed by atoms with van der Waals surface area (Å²) in [6, 6.07) is 0. The summed E-state index contributed by atoms with van der Waals surface area (Å²) in [5, 5.41) is 15.1. The number of rotatable bonds is 5. The van der Waals surface area contributed by atoms with Gasteiger partial charge in [-0.3, -0.25) is 4.99 Å². The molecule has 2 heterocycles. The lowest BCUT2D eigenvalue weighted by atomic mass is 10.2. The van der Waals surface area contributed by atoms with Crippen LogP contribution >= 0.6 is 24.0 Å². The fourth-order valence-electron chi connectivity index (χ4n) is 2.27. The van der Waals surface area contributed by atoms with E-state index in [1.807, 2.05) is 0 Å². The highest BCUT2D eigenvalue weighted by molar-refractivity contribution is 14.0. The van der Waals surface area contributed by atoms with E-state index in [2.05, 4.69) is 37.3 Å². The summed E-state index contributed by atoms with van der Waals surface area (Å²) in [5.74, 6) is 2.96. The number of hydrogen-bond donors (Lipinski definition) is 2. The van der Waals surface area contributed by atoms with Gasteiger partial charge in [0.2, 0.25) is 0 Å². The lowest BCUT2D eigenvalue weighted by molar-refractivity contribution is 0.504. The molecule has 0 atom stereocenters. The Bertz CT molecular complexity index is 428. The van der Waals surface area contributed by atoms with E-state index < -0.39 is 0 Å². The number of aliphatic imine (C=N–C) groups is 1. The van der Waals surface area contributed by atoms with Crippen molar-refractivity contribution in [1.82, 2.24) is 25.4 Å². The van der Waals surface area contributed by atoms with Crippen molar-refractivity contribution in [2.45, 2.75) is 52.1 Å². The molecule has 0 saturated heterocycles. The number of nitrogens with one attached hydrogen (secondary N) is 2. The fraction of sp³-hybridized carbons (Fsp3) is 0.769. The van der Waals surface area contributed by atoms with Gasteiger partial charge in [0.15, 0.2) is 11.8 Å². The number of unbranched alkanes of at least 4 members (excludes halogenated alkanes) is 1. The van der Waals surface area contributed by atoms with Crippen molar-refractivity contribution in [3.8, 4) is 0 Å². The van der Waals surface area contributed by atoms with Crippen LogP contribution in [0, 0.1) is 0 Å². The van der Waals surface area contributed by atoms with Crippen LogP contribution in [0.15, 0.2) is 4.99 Å². The summed E-state index contributed by atoms with van der Waals surface area (Å²) in [6.07, 6.45) is 5.84. The third-order valence-corrected chi connectivity index (χ3v) is 3.40. The smallest absolute Gasteiger partial charge is 0.191 e. The van der Waals surface area contributed by atoms with Gasteiger partial charge in [-0.25, -0.2) is 0 Å². The first-order valence-corrected chi connectivity index (χ1v) is 7.20. The maximum Gasteiger partial charge on any atom is 0.191 e. The molecule has 20 heavy (non-hydrogen) atoms. The standard InChI is InChI=1S/C13H24N6.HI/c1-3-4-8-15-13(14-2)16-10-12-18-17-11-7-5-6-9-19(11)12;/h3-10H2,1-2H3,(H2,14,15,16);1H. The second kappa shape index (κ2) is 9.15. The number of fused-ring (bicyclic) bond motifs is 1. The molecular weight excluding hydrogens is 367 g/mol. The average Bonchev–Trinajstić information content (AvgIpc) is 2.86. The van der Waals surface area contributed by atoms with Crippen LogP contribution in [0.2, 0.25) is 0 Å². The van der Waals surface area contributed by atoms with Gasteiger partial charge in [0.1, 0.15) is 5.82 Å². The number of halogens is 1. The van der Waals surface area contributed by atoms with Crippen molar-refractivity contribution in [2.75, 3.05) is 13.6 Å². The normalized spacial score (nSPS) is 14.4. The molecule has 0 spiro atoms. The van der Waals surface area contributed by atoms with E-state index in [0.717, 1.165) is 43.5 Å². The second-order valence-electron chi connectivity index (χ2n) is 4.85. The molecule has 1 aliphatic rings. The van der Waals surface area contributed by atoms with Crippen LogP contribution in [-0.4, -0.2) is 34.3 Å². The van der Waals surface area contributed by atoms with Gasteiger partial charge in [-0.15, -0.1) is 34.2 Å². The molecule has 0 radical (unpaired) electrons. The molecule has 0 amide bonds. The number of nitrogens with zero attached hydrogens (tertiary/aromatic N) is 4. The Morgan fingerprint density at radius 2 is 2.15 bits per heavy atom. The van der Waals surface area contributed by atoms with Gasteiger partial charge >= 0.3 is 0 Å². The molecule has 114 valence electrons. The topological polar surface area (TPSA) is 67.1 Å². The zero-order chi connectivity index (χ0) is 13.5. The van der Waals surface area contributed by atoms with Crippen LogP contribution < -0.4 is 10.6 Å². The van der Waals surface area contributed by atoms with E-state index in [-0.39, 0.29) is 24.0 Å². The average molecular weight is 392 g/mol. The zero-order valence-electron chi connectivity index (χ0n) is 12.4. The summed E-state index contributed by atoms with van der Waals surface area (Å²) in [5.41, 5.74) is 0. The van der Waals surface area contributed by atoms with E-state index in [0.29, 0.717) is 6.54 Å². The van der Waals surface area contributed by atoms with E-state index in [1.54, 1.807) is 7.05 Å². The Morgan fingerprint density at radius 1 is 1.30 bits per heavy atom. The first kappa shape index (κ1) is 17.2. The summed E-state index contributed by atoms with van der Waals surface area (Å²) in [7, 11) is 1.79. The maximum atomic E-state index is 4.27. The first-order chi connectivity index (χ1) is 9.35. The van der Waals surface area contributed by atoms with Gasteiger partial charge in [-0.2, -0.15) is 0 Å². The molecule has 1 aromatic rings. The van der Waals surface area contributed by atoms with Crippen LogP contribution in [0.25, 0.3) is 0 Å². The number of aryl methyl sites for hydroxylation is 1. The number of guanidine groups is 1. The highest BCUT2D eigenvalue weighted by atomic mass is 127. The molecule has 2 N–H and O–H groups in total. The van der Waals surface area contributed by atoms with Gasteiger partial charge < -0.3 is 15.2 Å².